The fraction of sp³-hybridized carbons (Fsp3) is 0.391. The van der Waals surface area contributed by atoms with E-state index >= 15 is 0 Å². The molecule has 2 atom stereocenters. The predicted molar refractivity (Wildman–Crippen MR) is 115 cm³/mol. The molecule has 4 rings (SSSR count). The lowest BCUT2D eigenvalue weighted by Crippen LogP contribution is -2.51. The van der Waals surface area contributed by atoms with Crippen LogP contribution in [0, 0.1) is 5.92 Å². The van der Waals surface area contributed by atoms with Gasteiger partial charge in [-0.1, -0.05) is 54.9 Å². The van der Waals surface area contributed by atoms with Crippen molar-refractivity contribution in [2.24, 2.45) is 5.92 Å². The number of halogens is 1. The van der Waals surface area contributed by atoms with Gasteiger partial charge in [-0.2, -0.15) is 0 Å². The summed E-state index contributed by atoms with van der Waals surface area (Å²) < 4.78 is 0. The molecular weight excluding hydrogens is 386 g/mol. The number of likely N-dealkylation sites (tertiary alicyclic amines) is 1. The molecule has 0 radical (unpaired) electrons. The van der Waals surface area contributed by atoms with E-state index in [1.807, 2.05) is 55.5 Å². The van der Waals surface area contributed by atoms with Crippen LogP contribution in [0.4, 0.5) is 5.69 Å². The average Bonchev–Trinajstić information content (AvgIpc) is 3.02. The summed E-state index contributed by atoms with van der Waals surface area (Å²) in [6.45, 7) is 5.74. The van der Waals surface area contributed by atoms with E-state index in [4.69, 9.17) is 11.6 Å². The fourth-order valence-electron chi connectivity index (χ4n) is 4.26. The molecule has 29 heavy (non-hydrogen) atoms. The molecule has 2 aliphatic rings. The molecule has 0 N–H and O–H groups in total. The average molecular weight is 412 g/mol. The van der Waals surface area contributed by atoms with Crippen molar-refractivity contribution in [1.82, 2.24) is 9.80 Å². The molecule has 2 unspecified atom stereocenters. The van der Waals surface area contributed by atoms with Crippen molar-refractivity contribution in [1.29, 1.82) is 0 Å². The highest BCUT2D eigenvalue weighted by molar-refractivity contribution is 6.30. The minimum Gasteiger partial charge on any atom is -0.369 e. The van der Waals surface area contributed by atoms with E-state index < -0.39 is 0 Å². The molecule has 2 saturated heterocycles. The molecule has 152 valence electrons. The van der Waals surface area contributed by atoms with Crippen LogP contribution in [0.15, 0.2) is 54.6 Å². The van der Waals surface area contributed by atoms with E-state index in [1.54, 1.807) is 0 Å². The lowest BCUT2D eigenvalue weighted by atomic mass is 9.86. The molecule has 2 amide bonds. The molecule has 0 aromatic heterocycles. The summed E-state index contributed by atoms with van der Waals surface area (Å²) in [5.74, 6) is -0.321. The third kappa shape index (κ3) is 4.31. The fourth-order valence-corrected chi connectivity index (χ4v) is 4.44. The number of imide groups is 1. The van der Waals surface area contributed by atoms with Gasteiger partial charge in [0.1, 0.15) is 0 Å². The van der Waals surface area contributed by atoms with Gasteiger partial charge in [-0.05, 0) is 29.7 Å². The molecule has 6 heteroatoms. The van der Waals surface area contributed by atoms with Crippen molar-refractivity contribution < 1.29 is 9.59 Å². The molecule has 0 saturated carbocycles. The molecule has 2 aliphatic heterocycles. The van der Waals surface area contributed by atoms with Crippen LogP contribution in [0.25, 0.3) is 0 Å². The summed E-state index contributed by atoms with van der Waals surface area (Å²) in [6, 6.07) is 17.8. The summed E-state index contributed by atoms with van der Waals surface area (Å²) in [7, 11) is 0. The lowest BCUT2D eigenvalue weighted by Gasteiger charge is -2.37. The Morgan fingerprint density at radius 1 is 1.00 bits per heavy atom. The van der Waals surface area contributed by atoms with Gasteiger partial charge in [-0.3, -0.25) is 19.4 Å². The van der Waals surface area contributed by atoms with Crippen LogP contribution >= 0.6 is 11.6 Å². The quantitative estimate of drug-likeness (QED) is 0.705. The Kier molecular flexibility index (Phi) is 5.88. The number of benzene rings is 2. The summed E-state index contributed by atoms with van der Waals surface area (Å²) in [6.07, 6.45) is 0.303. The molecule has 2 heterocycles. The Bertz CT molecular complexity index is 881. The van der Waals surface area contributed by atoms with Crippen molar-refractivity contribution in [2.75, 3.05) is 37.7 Å². The topological polar surface area (TPSA) is 43.9 Å². The van der Waals surface area contributed by atoms with E-state index in [2.05, 4.69) is 15.9 Å². The van der Waals surface area contributed by atoms with Crippen LogP contribution in [0.2, 0.25) is 5.02 Å². The zero-order chi connectivity index (χ0) is 20.4. The van der Waals surface area contributed by atoms with Gasteiger partial charge >= 0.3 is 0 Å². The summed E-state index contributed by atoms with van der Waals surface area (Å²) >= 11 is 6.10. The van der Waals surface area contributed by atoms with E-state index in [0.29, 0.717) is 13.1 Å². The molecule has 0 spiro atoms. The SMILES string of the molecule is CC(c1ccccc1)C1CC(=O)N(CN2CCN(c3cccc(Cl)c3)CC2)C1=O. The van der Waals surface area contributed by atoms with Gasteiger partial charge in [0, 0.05) is 43.3 Å². The van der Waals surface area contributed by atoms with Gasteiger partial charge in [0.15, 0.2) is 0 Å². The molecule has 0 aliphatic carbocycles. The van der Waals surface area contributed by atoms with E-state index in [0.717, 1.165) is 42.5 Å². The number of amides is 2. The van der Waals surface area contributed by atoms with Crippen molar-refractivity contribution in [3.05, 3.63) is 65.2 Å². The lowest BCUT2D eigenvalue weighted by molar-refractivity contribution is -0.142. The number of nitrogens with zero attached hydrogens (tertiary/aromatic N) is 3. The van der Waals surface area contributed by atoms with Crippen LogP contribution in [0.5, 0.6) is 0 Å². The first kappa shape index (κ1) is 19.9. The Hall–Kier alpha value is -2.37. The van der Waals surface area contributed by atoms with Gasteiger partial charge in [0.25, 0.3) is 0 Å². The van der Waals surface area contributed by atoms with Crippen molar-refractivity contribution in [3.63, 3.8) is 0 Å². The first-order valence-electron chi connectivity index (χ1n) is 10.1. The van der Waals surface area contributed by atoms with Crippen molar-refractivity contribution in [2.45, 2.75) is 19.3 Å². The molecule has 2 aromatic carbocycles. The maximum Gasteiger partial charge on any atom is 0.234 e. The van der Waals surface area contributed by atoms with Crippen LogP contribution in [0.3, 0.4) is 0 Å². The summed E-state index contributed by atoms with van der Waals surface area (Å²) in [5.41, 5.74) is 2.22. The van der Waals surface area contributed by atoms with E-state index in [-0.39, 0.29) is 23.7 Å². The normalized spacial score (nSPS) is 21.7. The first-order chi connectivity index (χ1) is 14.0. The van der Waals surface area contributed by atoms with Gasteiger partial charge in [-0.25, -0.2) is 0 Å². The summed E-state index contributed by atoms with van der Waals surface area (Å²) in [4.78, 5) is 31.5. The number of hydrogen-bond donors (Lipinski definition) is 0. The zero-order valence-electron chi connectivity index (χ0n) is 16.6. The first-order valence-corrected chi connectivity index (χ1v) is 10.5. The molecule has 2 aromatic rings. The molecule has 5 nitrogen and oxygen atoms in total. The van der Waals surface area contributed by atoms with E-state index in [1.165, 1.54) is 4.90 Å². The Morgan fingerprint density at radius 3 is 2.41 bits per heavy atom. The molecule has 0 bridgehead atoms. The number of piperazine rings is 1. The van der Waals surface area contributed by atoms with Crippen LogP contribution < -0.4 is 4.90 Å². The number of carbonyl (C=O) groups is 2. The Balaban J connectivity index is 1.35. The largest absolute Gasteiger partial charge is 0.369 e. The number of rotatable bonds is 5. The molecular formula is C23H26ClN3O2. The Morgan fingerprint density at radius 2 is 1.72 bits per heavy atom. The van der Waals surface area contributed by atoms with Crippen LogP contribution in [-0.2, 0) is 9.59 Å². The minimum atomic E-state index is -0.266. The van der Waals surface area contributed by atoms with Gasteiger partial charge in [0.2, 0.25) is 11.8 Å². The van der Waals surface area contributed by atoms with Gasteiger partial charge in [-0.15, -0.1) is 0 Å². The predicted octanol–water partition coefficient (Wildman–Crippen LogP) is 3.60. The second-order valence-corrected chi connectivity index (χ2v) is 8.33. The third-order valence-corrected chi connectivity index (χ3v) is 6.33. The van der Waals surface area contributed by atoms with Crippen molar-refractivity contribution in [3.8, 4) is 0 Å². The number of hydrogen-bond acceptors (Lipinski definition) is 4. The Labute approximate surface area is 176 Å². The van der Waals surface area contributed by atoms with E-state index in [9.17, 15) is 9.59 Å². The smallest absolute Gasteiger partial charge is 0.234 e. The zero-order valence-corrected chi connectivity index (χ0v) is 17.4. The van der Waals surface area contributed by atoms with Crippen molar-refractivity contribution >= 4 is 29.1 Å². The number of anilines is 1. The summed E-state index contributed by atoms with van der Waals surface area (Å²) in [5, 5.41) is 0.733. The van der Waals surface area contributed by atoms with Crippen LogP contribution in [-0.4, -0.2) is 54.5 Å². The van der Waals surface area contributed by atoms with Crippen LogP contribution in [0.1, 0.15) is 24.8 Å². The minimum absolute atomic E-state index is 0.0383. The molecule has 2 fully saturated rings. The second-order valence-electron chi connectivity index (χ2n) is 7.90. The highest BCUT2D eigenvalue weighted by Crippen LogP contribution is 2.33. The third-order valence-electron chi connectivity index (χ3n) is 6.09. The monoisotopic (exact) mass is 411 g/mol. The highest BCUT2D eigenvalue weighted by atomic mass is 35.5. The van der Waals surface area contributed by atoms with Gasteiger partial charge in [0.05, 0.1) is 12.6 Å². The maximum absolute atomic E-state index is 13.0. The van der Waals surface area contributed by atoms with Gasteiger partial charge < -0.3 is 4.90 Å². The standard InChI is InChI=1S/C23H26ClN3O2/c1-17(18-6-3-2-4-7-18)21-15-22(28)27(23(21)29)16-25-10-12-26(13-11-25)20-9-5-8-19(24)14-20/h2-9,14,17,21H,10-13,15-16H2,1H3. The number of carbonyl (C=O) groups excluding carboxylic acids is 2. The second kappa shape index (κ2) is 8.56. The maximum atomic E-state index is 13.0. The highest BCUT2D eigenvalue weighted by Gasteiger charge is 2.42.